The van der Waals surface area contributed by atoms with Crippen LogP contribution in [0.25, 0.3) is 0 Å². The summed E-state index contributed by atoms with van der Waals surface area (Å²) >= 11 is 6.39. The molecular formula is C33H41ClN2O5S. The van der Waals surface area contributed by atoms with Gasteiger partial charge in [0.05, 0.1) is 23.6 Å². The maximum Gasteiger partial charge on any atom is 0.264 e. The number of fused-ring (bicyclic) bond motifs is 4. The maximum atomic E-state index is 13.4. The van der Waals surface area contributed by atoms with Crippen LogP contribution in [0.2, 0.25) is 5.02 Å². The van der Waals surface area contributed by atoms with Gasteiger partial charge in [0.25, 0.3) is 5.91 Å². The molecule has 0 aromatic heterocycles. The summed E-state index contributed by atoms with van der Waals surface area (Å²) in [5.41, 5.74) is 3.02. The fourth-order valence-corrected chi connectivity index (χ4v) is 9.21. The number of carbonyl (C=O) groups is 1. The highest BCUT2D eigenvalue weighted by Gasteiger charge is 2.49. The normalized spacial score (nSPS) is 33.3. The Balaban J connectivity index is 1.44. The quantitative estimate of drug-likeness (QED) is 0.397. The van der Waals surface area contributed by atoms with Gasteiger partial charge in [-0.15, -0.1) is 0 Å². The standard InChI is InChI=1S/C33H41ClN2O5S/c1-3-26-8-4-5-9-30(37)32(2)16-14-24(32)19-36-20-33(15-6-7-22-17-25(34)11-12-27(22)33)21-41-29-13-10-23(18-28(29)36)31(38)35-42(26,39)40/h5,9-13,17-18,24,26,30,37H,3-4,6-8,14-16,19-21H2,1-2H3,(H,35,38)/b9-5+/t24-,26+,30+,32+,33-/m0/s1. The number of anilines is 1. The van der Waals surface area contributed by atoms with Gasteiger partial charge in [-0.05, 0) is 98.7 Å². The number of rotatable bonds is 1. The summed E-state index contributed by atoms with van der Waals surface area (Å²) in [5, 5.41) is 11.4. The van der Waals surface area contributed by atoms with Gasteiger partial charge < -0.3 is 14.7 Å². The molecule has 2 aliphatic heterocycles. The van der Waals surface area contributed by atoms with Crippen LogP contribution in [0, 0.1) is 11.3 Å². The van der Waals surface area contributed by atoms with E-state index >= 15 is 0 Å². The van der Waals surface area contributed by atoms with Gasteiger partial charge in [-0.25, -0.2) is 13.1 Å². The number of halogens is 1. The van der Waals surface area contributed by atoms with Crippen molar-refractivity contribution < 1.29 is 23.1 Å². The van der Waals surface area contributed by atoms with E-state index in [0.29, 0.717) is 44.7 Å². The van der Waals surface area contributed by atoms with Crippen molar-refractivity contribution in [3.8, 4) is 5.75 Å². The molecule has 42 heavy (non-hydrogen) atoms. The molecule has 9 heteroatoms. The Morgan fingerprint density at radius 3 is 2.76 bits per heavy atom. The smallest absolute Gasteiger partial charge is 0.264 e. The number of hydrogen-bond acceptors (Lipinski definition) is 6. The summed E-state index contributed by atoms with van der Waals surface area (Å²) in [6, 6.07) is 11.4. The number of hydrogen-bond donors (Lipinski definition) is 2. The van der Waals surface area contributed by atoms with E-state index in [9.17, 15) is 18.3 Å². The first-order valence-corrected chi connectivity index (χ1v) is 17.2. The lowest BCUT2D eigenvalue weighted by Gasteiger charge is -2.52. The number of ether oxygens (including phenoxy) is 1. The van der Waals surface area contributed by atoms with Crippen molar-refractivity contribution in [1.82, 2.24) is 4.72 Å². The number of carbonyl (C=O) groups excluding carboxylic acids is 1. The minimum atomic E-state index is -3.89. The number of aliphatic hydroxyl groups excluding tert-OH is 1. The zero-order chi connectivity index (χ0) is 29.7. The highest BCUT2D eigenvalue weighted by atomic mass is 35.5. The summed E-state index contributed by atoms with van der Waals surface area (Å²) in [6.07, 6.45) is 9.28. The average Bonchev–Trinajstić information content (AvgIpc) is 3.10. The van der Waals surface area contributed by atoms with Crippen LogP contribution in [-0.4, -0.2) is 50.5 Å². The minimum absolute atomic E-state index is 0.239. The molecule has 0 unspecified atom stereocenters. The van der Waals surface area contributed by atoms with Crippen LogP contribution in [-0.2, 0) is 21.9 Å². The van der Waals surface area contributed by atoms with E-state index in [-0.39, 0.29) is 22.3 Å². The molecule has 1 fully saturated rings. The van der Waals surface area contributed by atoms with Crippen molar-refractivity contribution in [1.29, 1.82) is 0 Å². The third-order valence-electron chi connectivity index (χ3n) is 10.5. The third-order valence-corrected chi connectivity index (χ3v) is 12.6. The first kappa shape index (κ1) is 29.5. The summed E-state index contributed by atoms with van der Waals surface area (Å²) < 4.78 is 35.3. The Morgan fingerprint density at radius 2 is 2.00 bits per heavy atom. The monoisotopic (exact) mass is 612 g/mol. The Labute approximate surface area is 254 Å². The van der Waals surface area contributed by atoms with E-state index in [4.69, 9.17) is 16.3 Å². The number of nitrogens with one attached hydrogen (secondary N) is 1. The summed E-state index contributed by atoms with van der Waals surface area (Å²) in [7, 11) is -3.89. The first-order chi connectivity index (χ1) is 20.0. The Bertz CT molecular complexity index is 1510. The van der Waals surface area contributed by atoms with Gasteiger partial charge in [0, 0.05) is 34.5 Å². The number of aliphatic hydroxyl groups is 1. The molecule has 2 aromatic carbocycles. The number of allylic oxidation sites excluding steroid dienone is 1. The molecule has 1 amide bonds. The summed E-state index contributed by atoms with van der Waals surface area (Å²) in [5.74, 6) is 0.295. The average molecular weight is 613 g/mol. The van der Waals surface area contributed by atoms with E-state index < -0.39 is 27.3 Å². The molecule has 2 N–H and O–H groups in total. The minimum Gasteiger partial charge on any atom is -0.490 e. The molecule has 1 saturated carbocycles. The number of amides is 1. The molecule has 2 aromatic rings. The van der Waals surface area contributed by atoms with Gasteiger partial charge in [-0.3, -0.25) is 4.79 Å². The van der Waals surface area contributed by atoms with Crippen LogP contribution in [0.3, 0.4) is 0 Å². The van der Waals surface area contributed by atoms with E-state index in [2.05, 4.69) is 28.7 Å². The van der Waals surface area contributed by atoms with E-state index in [0.717, 1.165) is 42.8 Å². The lowest BCUT2D eigenvalue weighted by Crippen LogP contribution is -2.53. The molecule has 2 heterocycles. The molecule has 226 valence electrons. The maximum absolute atomic E-state index is 13.4. The third kappa shape index (κ3) is 5.24. The molecule has 4 aliphatic rings. The fraction of sp³-hybridized carbons (Fsp3) is 0.545. The second-order valence-corrected chi connectivity index (χ2v) is 15.4. The zero-order valence-electron chi connectivity index (χ0n) is 24.4. The molecule has 5 atom stereocenters. The molecule has 7 nitrogen and oxygen atoms in total. The second kappa shape index (κ2) is 11.2. The van der Waals surface area contributed by atoms with Crippen molar-refractivity contribution in [3.63, 3.8) is 0 Å². The van der Waals surface area contributed by atoms with Gasteiger partial charge >= 0.3 is 0 Å². The van der Waals surface area contributed by atoms with Crippen LogP contribution in [0.5, 0.6) is 5.75 Å². The van der Waals surface area contributed by atoms with Crippen molar-refractivity contribution in [2.24, 2.45) is 11.3 Å². The number of aryl methyl sites for hydroxylation is 1. The van der Waals surface area contributed by atoms with Crippen molar-refractivity contribution in [2.45, 2.75) is 82.0 Å². The predicted molar refractivity (Wildman–Crippen MR) is 166 cm³/mol. The van der Waals surface area contributed by atoms with E-state index in [1.807, 2.05) is 25.1 Å². The molecule has 2 bridgehead atoms. The predicted octanol–water partition coefficient (Wildman–Crippen LogP) is 5.78. The highest BCUT2D eigenvalue weighted by molar-refractivity contribution is 7.90. The van der Waals surface area contributed by atoms with E-state index in [1.165, 1.54) is 11.1 Å². The Morgan fingerprint density at radius 1 is 1.17 bits per heavy atom. The van der Waals surface area contributed by atoms with Gasteiger partial charge in [-0.2, -0.15) is 0 Å². The van der Waals surface area contributed by atoms with Crippen LogP contribution in [0.15, 0.2) is 48.6 Å². The van der Waals surface area contributed by atoms with Crippen LogP contribution >= 0.6 is 11.6 Å². The highest BCUT2D eigenvalue weighted by Crippen LogP contribution is 2.52. The van der Waals surface area contributed by atoms with Gasteiger partial charge in [-0.1, -0.05) is 43.7 Å². The van der Waals surface area contributed by atoms with Crippen LogP contribution in [0.4, 0.5) is 5.69 Å². The van der Waals surface area contributed by atoms with Gasteiger partial charge in [0.1, 0.15) is 5.75 Å². The largest absolute Gasteiger partial charge is 0.490 e. The van der Waals surface area contributed by atoms with Crippen LogP contribution < -0.4 is 14.4 Å². The number of sulfonamides is 1. The lowest BCUT2D eigenvalue weighted by molar-refractivity contribution is -0.0469. The Kier molecular flexibility index (Phi) is 7.86. The topological polar surface area (TPSA) is 95.9 Å². The van der Waals surface area contributed by atoms with Crippen molar-refractivity contribution >= 4 is 33.2 Å². The lowest BCUT2D eigenvalue weighted by atomic mass is 9.58. The molecule has 0 radical (unpaired) electrons. The van der Waals surface area contributed by atoms with E-state index in [1.54, 1.807) is 18.2 Å². The first-order valence-electron chi connectivity index (χ1n) is 15.3. The Hall–Kier alpha value is -2.55. The zero-order valence-corrected chi connectivity index (χ0v) is 26.0. The van der Waals surface area contributed by atoms with Crippen LogP contribution in [0.1, 0.15) is 80.3 Å². The number of benzene rings is 2. The van der Waals surface area contributed by atoms with Crippen molar-refractivity contribution in [3.05, 3.63) is 70.3 Å². The van der Waals surface area contributed by atoms with Gasteiger partial charge in [0.15, 0.2) is 0 Å². The second-order valence-electron chi connectivity index (χ2n) is 13.0. The molecular weight excluding hydrogens is 572 g/mol. The molecule has 2 aliphatic carbocycles. The fourth-order valence-electron chi connectivity index (χ4n) is 7.59. The number of nitrogens with zero attached hydrogens (tertiary/aromatic N) is 1. The van der Waals surface area contributed by atoms with Crippen molar-refractivity contribution in [2.75, 3.05) is 24.6 Å². The summed E-state index contributed by atoms with van der Waals surface area (Å²) in [4.78, 5) is 15.7. The molecule has 1 spiro atoms. The SMILES string of the molecule is CC[C@@H]1CC/C=C/[C@@H](O)[C@]2(C)CC[C@H]2CN2C[C@@]3(CCCc4cc(Cl)ccc43)COc3ccc(cc32)C(=O)NS1(=O)=O. The molecule has 0 saturated heterocycles. The molecule has 6 rings (SSSR count). The summed E-state index contributed by atoms with van der Waals surface area (Å²) in [6.45, 7) is 5.86. The van der Waals surface area contributed by atoms with Gasteiger partial charge in [0.2, 0.25) is 10.0 Å².